The molecule has 4 N–H and O–H groups in total. The Morgan fingerprint density at radius 1 is 1.15 bits per heavy atom. The lowest BCUT2D eigenvalue weighted by Crippen LogP contribution is -2.49. The molecule has 0 aromatic heterocycles. The molecule has 1 aliphatic rings. The van der Waals surface area contributed by atoms with Crippen molar-refractivity contribution >= 4 is 29.0 Å². The zero-order valence-corrected chi connectivity index (χ0v) is 13.0. The monoisotopic (exact) mass is 299 g/mol. The van der Waals surface area contributed by atoms with E-state index in [1.807, 2.05) is 6.92 Å². The quantitative estimate of drug-likeness (QED) is 0.509. The molecule has 0 aromatic carbocycles. The normalized spacial score (nSPS) is 17.9. The van der Waals surface area contributed by atoms with Gasteiger partial charge in [0.05, 0.1) is 10.4 Å². The highest BCUT2D eigenvalue weighted by molar-refractivity contribution is 7.80. The van der Waals surface area contributed by atoms with Gasteiger partial charge in [-0.2, -0.15) is 0 Å². The van der Waals surface area contributed by atoms with Crippen LogP contribution in [0.3, 0.4) is 0 Å². The number of rotatable bonds is 6. The van der Waals surface area contributed by atoms with Crippen molar-refractivity contribution in [3.05, 3.63) is 0 Å². The van der Waals surface area contributed by atoms with Crippen molar-refractivity contribution in [2.45, 2.75) is 51.9 Å². The molecule has 2 amide bonds. The minimum atomic E-state index is -0.715. The van der Waals surface area contributed by atoms with Crippen LogP contribution in [-0.2, 0) is 9.59 Å². The van der Waals surface area contributed by atoms with Crippen LogP contribution >= 0.6 is 12.2 Å². The maximum Gasteiger partial charge on any atom is 0.233 e. The maximum absolute atomic E-state index is 12.4. The lowest BCUT2D eigenvalue weighted by molar-refractivity contribution is -0.128. The molecular weight excluding hydrogens is 274 g/mol. The molecule has 6 heteroatoms. The van der Waals surface area contributed by atoms with Crippen LogP contribution < -0.4 is 16.4 Å². The van der Waals surface area contributed by atoms with Gasteiger partial charge in [-0.05, 0) is 19.8 Å². The van der Waals surface area contributed by atoms with Crippen LogP contribution in [0.2, 0.25) is 0 Å². The van der Waals surface area contributed by atoms with Gasteiger partial charge in [0.2, 0.25) is 11.8 Å². The second-order valence-electron chi connectivity index (χ2n) is 5.32. The second-order valence-corrected chi connectivity index (χ2v) is 5.76. The highest BCUT2D eigenvalue weighted by atomic mass is 32.1. The Labute approximate surface area is 126 Å². The first-order valence-electron chi connectivity index (χ1n) is 7.38. The summed E-state index contributed by atoms with van der Waals surface area (Å²) in [6, 6.07) is 0. The highest BCUT2D eigenvalue weighted by Crippen LogP contribution is 2.35. The molecule has 1 rings (SSSR count). The van der Waals surface area contributed by atoms with Gasteiger partial charge in [-0.25, -0.2) is 0 Å². The van der Waals surface area contributed by atoms with Gasteiger partial charge >= 0.3 is 0 Å². The zero-order valence-electron chi connectivity index (χ0n) is 12.2. The van der Waals surface area contributed by atoms with Crippen molar-refractivity contribution in [2.24, 2.45) is 11.1 Å². The highest BCUT2D eigenvalue weighted by Gasteiger charge is 2.41. The summed E-state index contributed by atoms with van der Waals surface area (Å²) in [5.74, 6) is -0.172. The Morgan fingerprint density at radius 3 is 2.25 bits per heavy atom. The molecule has 0 spiro atoms. The van der Waals surface area contributed by atoms with Gasteiger partial charge in [-0.15, -0.1) is 0 Å². The summed E-state index contributed by atoms with van der Waals surface area (Å²) in [6.07, 6.45) is 5.91. The van der Waals surface area contributed by atoms with Crippen LogP contribution in [-0.4, -0.2) is 29.9 Å². The van der Waals surface area contributed by atoms with Gasteiger partial charge < -0.3 is 16.4 Å². The topological polar surface area (TPSA) is 84.2 Å². The van der Waals surface area contributed by atoms with Crippen molar-refractivity contribution in [1.29, 1.82) is 0 Å². The fourth-order valence-electron chi connectivity index (χ4n) is 2.66. The van der Waals surface area contributed by atoms with Crippen LogP contribution in [0.15, 0.2) is 0 Å². The standard InChI is InChI=1S/C14H25N3O2S/c1-2-16-11(18)7-10-17-13(19)14(12(15)20)8-5-3-4-6-9-14/h2-10H2,1H3,(H2,15,20)(H,16,18)(H,17,19). The van der Waals surface area contributed by atoms with E-state index < -0.39 is 5.41 Å². The molecule has 0 heterocycles. The van der Waals surface area contributed by atoms with Crippen molar-refractivity contribution in [3.8, 4) is 0 Å². The molecule has 0 radical (unpaired) electrons. The zero-order chi connectivity index (χ0) is 15.0. The molecule has 5 nitrogen and oxygen atoms in total. The predicted molar refractivity (Wildman–Crippen MR) is 83.2 cm³/mol. The smallest absolute Gasteiger partial charge is 0.233 e. The molecule has 1 fully saturated rings. The number of hydrogen-bond donors (Lipinski definition) is 3. The van der Waals surface area contributed by atoms with Crippen molar-refractivity contribution in [3.63, 3.8) is 0 Å². The summed E-state index contributed by atoms with van der Waals surface area (Å²) >= 11 is 5.15. The number of carbonyl (C=O) groups is 2. The van der Waals surface area contributed by atoms with E-state index in [9.17, 15) is 9.59 Å². The van der Waals surface area contributed by atoms with Crippen molar-refractivity contribution in [1.82, 2.24) is 10.6 Å². The first kappa shape index (κ1) is 16.9. The second kappa shape index (κ2) is 8.19. The van der Waals surface area contributed by atoms with Crippen molar-refractivity contribution < 1.29 is 9.59 Å². The molecule has 0 atom stereocenters. The van der Waals surface area contributed by atoms with Crippen LogP contribution in [0.4, 0.5) is 0 Å². The lowest BCUT2D eigenvalue weighted by atomic mass is 9.79. The molecule has 0 aromatic rings. The molecular formula is C14H25N3O2S. The van der Waals surface area contributed by atoms with Gasteiger partial charge in [-0.3, -0.25) is 9.59 Å². The van der Waals surface area contributed by atoms with Gasteiger partial charge in [0.25, 0.3) is 0 Å². The summed E-state index contributed by atoms with van der Waals surface area (Å²) in [4.78, 5) is 24.1. The number of nitrogens with one attached hydrogen (secondary N) is 2. The number of carbonyl (C=O) groups excluding carboxylic acids is 2. The minimum Gasteiger partial charge on any atom is -0.392 e. The van der Waals surface area contributed by atoms with Gasteiger partial charge in [-0.1, -0.05) is 37.9 Å². The molecule has 0 bridgehead atoms. The van der Waals surface area contributed by atoms with E-state index in [2.05, 4.69) is 10.6 Å². The van der Waals surface area contributed by atoms with Crippen LogP contribution in [0, 0.1) is 5.41 Å². The van der Waals surface area contributed by atoms with E-state index in [4.69, 9.17) is 18.0 Å². The van der Waals surface area contributed by atoms with Crippen LogP contribution in [0.5, 0.6) is 0 Å². The van der Waals surface area contributed by atoms with E-state index in [0.717, 1.165) is 38.5 Å². The molecule has 0 unspecified atom stereocenters. The molecule has 114 valence electrons. The van der Waals surface area contributed by atoms with Gasteiger partial charge in [0.1, 0.15) is 0 Å². The number of nitrogens with two attached hydrogens (primary N) is 1. The number of hydrogen-bond acceptors (Lipinski definition) is 3. The fraction of sp³-hybridized carbons (Fsp3) is 0.786. The van der Waals surface area contributed by atoms with Gasteiger partial charge in [0, 0.05) is 19.5 Å². The van der Waals surface area contributed by atoms with E-state index in [-0.39, 0.29) is 23.2 Å². The van der Waals surface area contributed by atoms with Crippen LogP contribution in [0.1, 0.15) is 51.9 Å². The SMILES string of the molecule is CCNC(=O)CCNC(=O)C1(C(N)=S)CCCCCC1. The Kier molecular flexibility index (Phi) is 6.91. The largest absolute Gasteiger partial charge is 0.392 e. The molecule has 1 aliphatic carbocycles. The third-order valence-electron chi connectivity index (χ3n) is 3.87. The van der Waals surface area contributed by atoms with E-state index in [1.165, 1.54) is 0 Å². The van der Waals surface area contributed by atoms with Gasteiger partial charge in [0.15, 0.2) is 0 Å². The molecule has 20 heavy (non-hydrogen) atoms. The first-order valence-corrected chi connectivity index (χ1v) is 7.78. The Balaban J connectivity index is 2.56. The van der Waals surface area contributed by atoms with E-state index in [1.54, 1.807) is 0 Å². The number of amides is 2. The third kappa shape index (κ3) is 4.44. The fourth-order valence-corrected chi connectivity index (χ4v) is 2.96. The number of thiocarbonyl (C=S) groups is 1. The Morgan fingerprint density at radius 2 is 1.75 bits per heavy atom. The third-order valence-corrected chi connectivity index (χ3v) is 4.27. The van der Waals surface area contributed by atoms with E-state index >= 15 is 0 Å². The van der Waals surface area contributed by atoms with Crippen molar-refractivity contribution in [2.75, 3.05) is 13.1 Å². The average Bonchev–Trinajstić information content (AvgIpc) is 2.65. The summed E-state index contributed by atoms with van der Waals surface area (Å²) < 4.78 is 0. The summed E-state index contributed by atoms with van der Waals surface area (Å²) in [5, 5.41) is 5.52. The maximum atomic E-state index is 12.4. The average molecular weight is 299 g/mol. The van der Waals surface area contributed by atoms with Crippen LogP contribution in [0.25, 0.3) is 0 Å². The predicted octanol–water partition coefficient (Wildman–Crippen LogP) is 1.26. The van der Waals surface area contributed by atoms with E-state index in [0.29, 0.717) is 13.1 Å². The Bertz CT molecular complexity index is 363. The minimum absolute atomic E-state index is 0.0574. The first-order chi connectivity index (χ1) is 9.53. The summed E-state index contributed by atoms with van der Waals surface area (Å²) in [6.45, 7) is 2.79. The molecule has 1 saturated carbocycles. The summed E-state index contributed by atoms with van der Waals surface area (Å²) in [5.41, 5.74) is 5.13. The molecule has 0 saturated heterocycles. The summed E-state index contributed by atoms with van der Waals surface area (Å²) in [7, 11) is 0. The lowest BCUT2D eigenvalue weighted by Gasteiger charge is -2.30. The molecule has 0 aliphatic heterocycles. The Hall–Kier alpha value is -1.17.